The van der Waals surface area contributed by atoms with Crippen molar-refractivity contribution in [3.63, 3.8) is 0 Å². The van der Waals surface area contributed by atoms with Crippen molar-refractivity contribution in [1.82, 2.24) is 0 Å². The molecule has 0 saturated heterocycles. The van der Waals surface area contributed by atoms with Gasteiger partial charge >= 0.3 is 6.18 Å². The molecule has 40 heavy (non-hydrogen) atoms. The van der Waals surface area contributed by atoms with E-state index in [0.29, 0.717) is 41.0 Å². The number of ether oxygens (including phenoxy) is 3. The molecule has 0 atom stereocenters. The summed E-state index contributed by atoms with van der Waals surface area (Å²) >= 11 is 2.96. The van der Waals surface area contributed by atoms with Gasteiger partial charge in [0.05, 0.1) is 30.7 Å². The molecule has 3 aromatic carbocycles. The molecule has 1 aliphatic heterocycles. The Morgan fingerprint density at radius 1 is 1.02 bits per heavy atom. The molecule has 0 aliphatic carbocycles. The van der Waals surface area contributed by atoms with Gasteiger partial charge in [0.15, 0.2) is 6.79 Å². The Hall–Kier alpha value is -3.13. The molecule has 1 heterocycles. The Morgan fingerprint density at radius 2 is 1.75 bits per heavy atom. The van der Waals surface area contributed by atoms with Crippen LogP contribution in [0.5, 0.6) is 5.75 Å². The van der Waals surface area contributed by atoms with Crippen LogP contribution in [0.25, 0.3) is 11.1 Å². The number of benzene rings is 3. The number of fused-ring (bicyclic) bond motifs is 1. The molecule has 8 nitrogen and oxygen atoms in total. The van der Waals surface area contributed by atoms with E-state index in [1.165, 1.54) is 24.1 Å². The third-order valence-corrected chi connectivity index (χ3v) is 7.37. The van der Waals surface area contributed by atoms with E-state index >= 15 is 0 Å². The molecular formula is C27H26BrF3N2O6S. The number of carbonyl (C=O) groups excluding carboxylic acids is 1. The van der Waals surface area contributed by atoms with Crippen LogP contribution < -0.4 is 14.4 Å². The number of carbonyl (C=O) groups is 1. The van der Waals surface area contributed by atoms with Crippen LogP contribution >= 0.6 is 15.9 Å². The highest BCUT2D eigenvalue weighted by atomic mass is 79.9. The second-order valence-electron chi connectivity index (χ2n) is 8.99. The number of alkyl halides is 3. The summed E-state index contributed by atoms with van der Waals surface area (Å²) in [5, 5.41) is 0. The molecule has 0 saturated carbocycles. The lowest BCUT2D eigenvalue weighted by atomic mass is 9.93. The molecule has 13 heteroatoms. The first-order valence-corrected chi connectivity index (χ1v) is 14.7. The summed E-state index contributed by atoms with van der Waals surface area (Å²) in [6.07, 6.45) is -3.07. The van der Waals surface area contributed by atoms with Gasteiger partial charge in [-0.25, -0.2) is 8.42 Å². The van der Waals surface area contributed by atoms with Gasteiger partial charge in [0.1, 0.15) is 5.75 Å². The van der Waals surface area contributed by atoms with Gasteiger partial charge in [-0.15, -0.1) is 0 Å². The third kappa shape index (κ3) is 7.14. The standard InChI is InChI=1S/C27H26BrF3N2O6S/c1-37-11-12-38-16-39-25-8-5-20(15-24(25)32-40(2,35)36)33-10-9-19-13-17(3-6-21(19)26(33)34)18-4-7-23(28)22(14-18)27(29,30)31/h3-8,13-15,32H,9-12,16H2,1-2H3. The number of hydrogen-bond acceptors (Lipinski definition) is 6. The van der Waals surface area contributed by atoms with E-state index in [0.717, 1.165) is 12.3 Å². The maximum absolute atomic E-state index is 13.4. The smallest absolute Gasteiger partial charge is 0.417 e. The number of sulfonamides is 1. The molecule has 0 radical (unpaired) electrons. The lowest BCUT2D eigenvalue weighted by molar-refractivity contribution is -0.138. The summed E-state index contributed by atoms with van der Waals surface area (Å²) in [4.78, 5) is 14.9. The Morgan fingerprint density at radius 3 is 2.45 bits per heavy atom. The van der Waals surface area contributed by atoms with Gasteiger partial charge < -0.3 is 19.1 Å². The number of nitrogens with one attached hydrogen (secondary N) is 1. The van der Waals surface area contributed by atoms with Gasteiger partial charge in [-0.1, -0.05) is 34.1 Å². The van der Waals surface area contributed by atoms with Crippen LogP contribution in [0.3, 0.4) is 0 Å². The van der Waals surface area contributed by atoms with Gasteiger partial charge in [-0.05, 0) is 59.5 Å². The van der Waals surface area contributed by atoms with E-state index in [-0.39, 0.29) is 41.8 Å². The summed E-state index contributed by atoms with van der Waals surface area (Å²) in [7, 11) is -2.13. The van der Waals surface area contributed by atoms with Crippen LogP contribution in [0.4, 0.5) is 24.5 Å². The first-order chi connectivity index (χ1) is 18.9. The van der Waals surface area contributed by atoms with Crippen LogP contribution in [0.1, 0.15) is 21.5 Å². The molecule has 0 unspecified atom stereocenters. The molecule has 0 aromatic heterocycles. The van der Waals surface area contributed by atoms with Crippen molar-refractivity contribution in [3.05, 3.63) is 75.8 Å². The van der Waals surface area contributed by atoms with Crippen LogP contribution in [0.15, 0.2) is 59.1 Å². The Kier molecular flexibility index (Phi) is 9.08. The number of amides is 1. The fourth-order valence-electron chi connectivity index (χ4n) is 4.23. The van der Waals surface area contributed by atoms with Crippen molar-refractivity contribution in [2.24, 2.45) is 0 Å². The van der Waals surface area contributed by atoms with Crippen molar-refractivity contribution in [3.8, 4) is 16.9 Å². The van der Waals surface area contributed by atoms with Gasteiger partial charge in [0.2, 0.25) is 10.0 Å². The average molecular weight is 643 g/mol. The first kappa shape index (κ1) is 29.8. The van der Waals surface area contributed by atoms with Crippen molar-refractivity contribution in [2.75, 3.05) is 49.5 Å². The van der Waals surface area contributed by atoms with Gasteiger partial charge in [0.25, 0.3) is 5.91 Å². The van der Waals surface area contributed by atoms with Gasteiger partial charge in [-0.2, -0.15) is 13.2 Å². The molecule has 3 aromatic rings. The van der Waals surface area contributed by atoms with E-state index in [1.807, 2.05) is 0 Å². The average Bonchev–Trinajstić information content (AvgIpc) is 2.88. The molecule has 1 amide bonds. The predicted octanol–water partition coefficient (Wildman–Crippen LogP) is 5.71. The van der Waals surface area contributed by atoms with Crippen LogP contribution in [-0.4, -0.2) is 54.2 Å². The monoisotopic (exact) mass is 642 g/mol. The fraction of sp³-hybridized carbons (Fsp3) is 0.296. The molecule has 1 aliphatic rings. The topological polar surface area (TPSA) is 94.2 Å². The highest BCUT2D eigenvalue weighted by molar-refractivity contribution is 9.10. The van der Waals surface area contributed by atoms with Crippen LogP contribution in [-0.2, 0) is 32.1 Å². The fourth-order valence-corrected chi connectivity index (χ4v) is 5.26. The minimum atomic E-state index is -4.51. The van der Waals surface area contributed by atoms with Crippen molar-refractivity contribution >= 4 is 43.2 Å². The zero-order chi connectivity index (χ0) is 29.1. The maximum Gasteiger partial charge on any atom is 0.417 e. The number of hydrogen-bond donors (Lipinski definition) is 1. The second-order valence-corrected chi connectivity index (χ2v) is 11.6. The minimum Gasteiger partial charge on any atom is -0.465 e. The first-order valence-electron chi connectivity index (χ1n) is 12.0. The summed E-state index contributed by atoms with van der Waals surface area (Å²) in [6.45, 7) is 0.803. The Bertz CT molecular complexity index is 1510. The number of halogens is 4. The maximum atomic E-state index is 13.4. The summed E-state index contributed by atoms with van der Waals surface area (Å²) < 4.78 is 82.2. The van der Waals surface area contributed by atoms with E-state index in [4.69, 9.17) is 14.2 Å². The van der Waals surface area contributed by atoms with Crippen LogP contribution in [0, 0.1) is 0 Å². The summed E-state index contributed by atoms with van der Waals surface area (Å²) in [5.41, 5.74) is 1.86. The lowest BCUT2D eigenvalue weighted by Gasteiger charge is -2.29. The SMILES string of the molecule is COCCOCOc1ccc(N2CCc3cc(-c4ccc(Br)c(C(F)(F)F)c4)ccc3C2=O)cc1NS(C)(=O)=O. The highest BCUT2D eigenvalue weighted by Gasteiger charge is 2.33. The molecule has 0 fully saturated rings. The van der Waals surface area contributed by atoms with Gasteiger partial charge in [0, 0.05) is 29.4 Å². The summed E-state index contributed by atoms with van der Waals surface area (Å²) in [5.74, 6) is -0.102. The number of nitrogens with zero attached hydrogens (tertiary/aromatic N) is 1. The van der Waals surface area contributed by atoms with Crippen molar-refractivity contribution in [1.29, 1.82) is 0 Å². The molecule has 0 bridgehead atoms. The highest BCUT2D eigenvalue weighted by Crippen LogP contribution is 2.38. The molecule has 1 N–H and O–H groups in total. The van der Waals surface area contributed by atoms with Crippen LogP contribution in [0.2, 0.25) is 0 Å². The third-order valence-electron chi connectivity index (χ3n) is 6.09. The number of rotatable bonds is 10. The molecule has 0 spiro atoms. The number of methoxy groups -OCH3 is 1. The molecule has 214 valence electrons. The quantitative estimate of drug-likeness (QED) is 0.225. The largest absolute Gasteiger partial charge is 0.465 e. The van der Waals surface area contributed by atoms with E-state index in [1.54, 1.807) is 36.4 Å². The number of anilines is 2. The summed E-state index contributed by atoms with van der Waals surface area (Å²) in [6, 6.07) is 13.6. The van der Waals surface area contributed by atoms with E-state index in [9.17, 15) is 26.4 Å². The van der Waals surface area contributed by atoms with Crippen molar-refractivity contribution < 1.29 is 40.6 Å². The van der Waals surface area contributed by atoms with E-state index in [2.05, 4.69) is 20.7 Å². The second kappa shape index (κ2) is 12.2. The Labute approximate surface area is 238 Å². The normalized spacial score (nSPS) is 13.8. The molecular weight excluding hydrogens is 617 g/mol. The Balaban J connectivity index is 1.58. The molecule has 4 rings (SSSR count). The van der Waals surface area contributed by atoms with E-state index < -0.39 is 21.8 Å². The lowest BCUT2D eigenvalue weighted by Crippen LogP contribution is -2.37. The zero-order valence-corrected chi connectivity index (χ0v) is 24.0. The van der Waals surface area contributed by atoms with Crippen molar-refractivity contribution in [2.45, 2.75) is 12.6 Å². The minimum absolute atomic E-state index is 0.0488. The zero-order valence-electron chi connectivity index (χ0n) is 21.5. The predicted molar refractivity (Wildman–Crippen MR) is 148 cm³/mol. The van der Waals surface area contributed by atoms with Gasteiger partial charge in [-0.3, -0.25) is 9.52 Å².